The molecule has 1 aromatic rings. The van der Waals surface area contributed by atoms with E-state index >= 15 is 0 Å². The fraction of sp³-hybridized carbons (Fsp3) is 0.833. The van der Waals surface area contributed by atoms with E-state index in [1.807, 2.05) is 18.8 Å². The van der Waals surface area contributed by atoms with Crippen LogP contribution in [0.15, 0.2) is 6.33 Å². The number of likely N-dealkylation sites (N-methyl/N-ethyl adjacent to an activating group) is 1. The van der Waals surface area contributed by atoms with Crippen LogP contribution in [0.2, 0.25) is 0 Å². The van der Waals surface area contributed by atoms with Crippen LogP contribution in [0.1, 0.15) is 25.6 Å². The molecule has 2 unspecified atom stereocenters. The van der Waals surface area contributed by atoms with Crippen LogP contribution >= 0.6 is 0 Å². The Morgan fingerprint density at radius 3 is 2.82 bits per heavy atom. The monoisotopic (exact) mass is 238 g/mol. The van der Waals surface area contributed by atoms with Gasteiger partial charge in [0.15, 0.2) is 0 Å². The van der Waals surface area contributed by atoms with E-state index in [2.05, 4.69) is 22.3 Å². The molecule has 1 N–H and O–H groups in total. The van der Waals surface area contributed by atoms with Crippen molar-refractivity contribution in [1.29, 1.82) is 0 Å². The minimum atomic E-state index is 0.298. The molecule has 1 fully saturated rings. The first-order chi connectivity index (χ1) is 8.26. The molecule has 0 amide bonds. The van der Waals surface area contributed by atoms with E-state index in [1.54, 1.807) is 6.33 Å². The highest BCUT2D eigenvalue weighted by Crippen LogP contribution is 2.36. The summed E-state index contributed by atoms with van der Waals surface area (Å²) in [4.78, 5) is 4.29. The molecule has 0 saturated heterocycles. The third-order valence-electron chi connectivity index (χ3n) is 3.43. The average molecular weight is 238 g/mol. The summed E-state index contributed by atoms with van der Waals surface area (Å²) in [5.41, 5.74) is 0. The Labute approximate surface area is 103 Å². The zero-order valence-corrected chi connectivity index (χ0v) is 10.9. The van der Waals surface area contributed by atoms with Crippen molar-refractivity contribution in [2.45, 2.75) is 38.3 Å². The maximum Gasteiger partial charge on any atom is 0.138 e. The summed E-state index contributed by atoms with van der Waals surface area (Å²) >= 11 is 0. The van der Waals surface area contributed by atoms with Gasteiger partial charge in [-0.05, 0) is 25.3 Å². The molecule has 0 aliphatic heterocycles. The van der Waals surface area contributed by atoms with E-state index in [-0.39, 0.29) is 0 Å². The van der Waals surface area contributed by atoms with E-state index in [1.165, 1.54) is 12.8 Å². The number of ether oxygens (including phenoxy) is 1. The van der Waals surface area contributed by atoms with Gasteiger partial charge in [0, 0.05) is 26.6 Å². The summed E-state index contributed by atoms with van der Waals surface area (Å²) in [5, 5.41) is 7.63. The highest BCUT2D eigenvalue weighted by atomic mass is 16.5. The van der Waals surface area contributed by atoms with Crippen molar-refractivity contribution in [1.82, 2.24) is 20.1 Å². The molecule has 0 aromatic carbocycles. The van der Waals surface area contributed by atoms with E-state index in [4.69, 9.17) is 4.74 Å². The Morgan fingerprint density at radius 1 is 1.59 bits per heavy atom. The molecule has 1 aromatic heterocycles. The Morgan fingerprint density at radius 2 is 2.35 bits per heavy atom. The number of methoxy groups -OCH3 is 1. The third-order valence-corrected chi connectivity index (χ3v) is 3.43. The van der Waals surface area contributed by atoms with E-state index < -0.39 is 0 Å². The summed E-state index contributed by atoms with van der Waals surface area (Å²) in [7, 11) is 3.74. The van der Waals surface area contributed by atoms with Crippen LogP contribution in [0.3, 0.4) is 0 Å². The molecular formula is C12H22N4O. The van der Waals surface area contributed by atoms with Crippen molar-refractivity contribution in [2.75, 3.05) is 13.7 Å². The third kappa shape index (κ3) is 3.04. The fourth-order valence-corrected chi connectivity index (χ4v) is 2.38. The van der Waals surface area contributed by atoms with Crippen LogP contribution in [-0.4, -0.2) is 40.6 Å². The Balaban J connectivity index is 2.03. The maximum absolute atomic E-state index is 5.66. The van der Waals surface area contributed by atoms with Crippen molar-refractivity contribution in [3.8, 4) is 0 Å². The van der Waals surface area contributed by atoms with Crippen molar-refractivity contribution < 1.29 is 4.74 Å². The number of hydrogen-bond donors (Lipinski definition) is 1. The highest BCUT2D eigenvalue weighted by Gasteiger charge is 2.36. The lowest BCUT2D eigenvalue weighted by Gasteiger charge is -2.26. The number of nitrogens with one attached hydrogen (secondary N) is 1. The van der Waals surface area contributed by atoms with Crippen LogP contribution in [0, 0.1) is 5.92 Å². The second kappa shape index (κ2) is 5.60. The van der Waals surface area contributed by atoms with E-state index in [0.29, 0.717) is 12.1 Å². The van der Waals surface area contributed by atoms with E-state index in [0.717, 1.165) is 24.7 Å². The molecule has 1 heterocycles. The lowest BCUT2D eigenvalue weighted by atomic mass is 10.0. The first-order valence-corrected chi connectivity index (χ1v) is 6.35. The number of aromatic nitrogens is 3. The van der Waals surface area contributed by atoms with Gasteiger partial charge in [0.05, 0.1) is 6.10 Å². The van der Waals surface area contributed by atoms with Gasteiger partial charge in [0.2, 0.25) is 0 Å². The Kier molecular flexibility index (Phi) is 4.12. The number of aryl methyl sites for hydroxylation is 1. The normalized spacial score (nSPS) is 19.2. The SMILES string of the molecule is CCNC(Cc1ncnn1C)C(OC)C1CC1. The van der Waals surface area contributed by atoms with Crippen LogP contribution in [0.5, 0.6) is 0 Å². The molecule has 1 saturated carbocycles. The van der Waals surface area contributed by atoms with E-state index in [9.17, 15) is 0 Å². The highest BCUT2D eigenvalue weighted by molar-refractivity contribution is 4.97. The minimum absolute atomic E-state index is 0.298. The molecule has 0 radical (unpaired) electrons. The van der Waals surface area contributed by atoms with Gasteiger partial charge in [0.1, 0.15) is 12.2 Å². The number of nitrogens with zero attached hydrogens (tertiary/aromatic N) is 3. The smallest absolute Gasteiger partial charge is 0.138 e. The fourth-order valence-electron chi connectivity index (χ4n) is 2.38. The Hall–Kier alpha value is -0.940. The lowest BCUT2D eigenvalue weighted by Crippen LogP contribution is -2.44. The minimum Gasteiger partial charge on any atom is -0.380 e. The van der Waals surface area contributed by atoms with Crippen molar-refractivity contribution in [3.63, 3.8) is 0 Å². The zero-order valence-electron chi connectivity index (χ0n) is 10.9. The summed E-state index contributed by atoms with van der Waals surface area (Å²) in [6.45, 7) is 3.08. The lowest BCUT2D eigenvalue weighted by molar-refractivity contribution is 0.0507. The molecule has 2 rings (SSSR count). The molecule has 2 atom stereocenters. The predicted molar refractivity (Wildman–Crippen MR) is 65.7 cm³/mol. The van der Waals surface area contributed by atoms with Crippen molar-refractivity contribution in [2.24, 2.45) is 13.0 Å². The van der Waals surface area contributed by atoms with Gasteiger partial charge < -0.3 is 10.1 Å². The maximum atomic E-state index is 5.66. The van der Waals surface area contributed by atoms with Crippen LogP contribution in [-0.2, 0) is 18.2 Å². The van der Waals surface area contributed by atoms with Gasteiger partial charge in [-0.25, -0.2) is 4.98 Å². The first-order valence-electron chi connectivity index (χ1n) is 6.35. The molecule has 1 aliphatic rings. The second-order valence-corrected chi connectivity index (χ2v) is 4.71. The largest absolute Gasteiger partial charge is 0.380 e. The molecule has 0 bridgehead atoms. The van der Waals surface area contributed by atoms with Crippen molar-refractivity contribution >= 4 is 0 Å². The van der Waals surface area contributed by atoms with Gasteiger partial charge in [-0.1, -0.05) is 6.92 Å². The quantitative estimate of drug-likeness (QED) is 0.762. The van der Waals surface area contributed by atoms with Gasteiger partial charge in [-0.2, -0.15) is 5.10 Å². The molecule has 1 aliphatic carbocycles. The summed E-state index contributed by atoms with van der Waals surface area (Å²) in [6.07, 6.45) is 5.36. The Bertz CT molecular complexity index is 348. The zero-order chi connectivity index (χ0) is 12.3. The predicted octanol–water partition coefficient (Wildman–Crippen LogP) is 0.761. The molecule has 5 nitrogen and oxygen atoms in total. The standard InChI is InChI=1S/C12H22N4O/c1-4-13-10(12(17-3)9-5-6-9)7-11-14-8-15-16(11)2/h8-10,12-13H,4-7H2,1-3H3. The van der Waals surface area contributed by atoms with Crippen LogP contribution < -0.4 is 5.32 Å². The van der Waals surface area contributed by atoms with Gasteiger partial charge in [0.25, 0.3) is 0 Å². The molecule has 5 heteroatoms. The molecular weight excluding hydrogens is 216 g/mol. The van der Waals surface area contributed by atoms with Gasteiger partial charge >= 0.3 is 0 Å². The van der Waals surface area contributed by atoms with Crippen LogP contribution in [0.25, 0.3) is 0 Å². The van der Waals surface area contributed by atoms with Gasteiger partial charge in [-0.3, -0.25) is 4.68 Å². The summed E-state index contributed by atoms with van der Waals surface area (Å²) < 4.78 is 7.49. The topological polar surface area (TPSA) is 52.0 Å². The molecule has 96 valence electrons. The molecule has 17 heavy (non-hydrogen) atoms. The average Bonchev–Trinajstić information content (AvgIpc) is 3.06. The van der Waals surface area contributed by atoms with Crippen molar-refractivity contribution in [3.05, 3.63) is 12.2 Å². The summed E-state index contributed by atoms with van der Waals surface area (Å²) in [5.74, 6) is 1.73. The van der Waals surface area contributed by atoms with Crippen LogP contribution in [0.4, 0.5) is 0 Å². The van der Waals surface area contributed by atoms with Gasteiger partial charge in [-0.15, -0.1) is 0 Å². The molecule has 0 spiro atoms. The first kappa shape index (κ1) is 12.5. The number of rotatable bonds is 7. The summed E-state index contributed by atoms with van der Waals surface area (Å²) in [6, 6.07) is 0.334. The number of hydrogen-bond acceptors (Lipinski definition) is 4. The second-order valence-electron chi connectivity index (χ2n) is 4.71.